The van der Waals surface area contributed by atoms with Crippen molar-refractivity contribution in [2.24, 2.45) is 0 Å². The van der Waals surface area contributed by atoms with Crippen molar-refractivity contribution in [1.82, 2.24) is 4.57 Å². The molecule has 0 aliphatic rings. The molecule has 0 amide bonds. The zero-order valence-electron chi connectivity index (χ0n) is 35.4. The van der Waals surface area contributed by atoms with Crippen molar-refractivity contribution in [3.63, 3.8) is 0 Å². The highest BCUT2D eigenvalue weighted by atomic mass is 16.3. The number of aromatic nitrogens is 1. The van der Waals surface area contributed by atoms with E-state index in [0.29, 0.717) is 0 Å². The second-order valence-corrected chi connectivity index (χ2v) is 16.8. The van der Waals surface area contributed by atoms with Crippen LogP contribution < -0.4 is 4.90 Å². The van der Waals surface area contributed by atoms with Gasteiger partial charge in [0.25, 0.3) is 0 Å². The molecular formula is C62H40N2O. The Hall–Kier alpha value is -8.66. The van der Waals surface area contributed by atoms with E-state index in [1.807, 2.05) is 6.07 Å². The second-order valence-electron chi connectivity index (χ2n) is 16.8. The van der Waals surface area contributed by atoms with E-state index in [4.69, 9.17) is 4.42 Å². The summed E-state index contributed by atoms with van der Waals surface area (Å²) in [6, 6.07) is 87.8. The largest absolute Gasteiger partial charge is 0.455 e. The van der Waals surface area contributed by atoms with Crippen LogP contribution in [0.1, 0.15) is 0 Å². The van der Waals surface area contributed by atoms with Gasteiger partial charge in [0.15, 0.2) is 0 Å². The standard InChI is InChI=1S/C62H40N2O/c1-2-15-41(16-3-1)45-35-38-49(59(40-45)64-56-27-9-6-22-52(56)53-23-7-10-28-57(53)64)43-33-36-47(37-34-43)63(58-29-13-18-44-32-31-42-17-4-5-21-50(42)61(44)58)48-20-12-19-46(39-48)51-25-14-26-55-54-24-8-11-30-60(54)65-62(51)55/h1-40H. The molecule has 0 saturated heterocycles. The van der Waals surface area contributed by atoms with Crippen LogP contribution in [0.15, 0.2) is 247 Å². The smallest absolute Gasteiger partial charge is 0.143 e. The molecule has 2 heterocycles. The van der Waals surface area contributed by atoms with Crippen molar-refractivity contribution in [1.29, 1.82) is 0 Å². The topological polar surface area (TPSA) is 21.3 Å². The van der Waals surface area contributed by atoms with Crippen molar-refractivity contribution >= 4 is 82.4 Å². The Balaban J connectivity index is 1.01. The highest BCUT2D eigenvalue weighted by Crippen LogP contribution is 2.45. The van der Waals surface area contributed by atoms with Crippen molar-refractivity contribution in [3.8, 4) is 39.1 Å². The lowest BCUT2D eigenvalue weighted by Crippen LogP contribution is -2.11. The van der Waals surface area contributed by atoms with Crippen LogP contribution in [-0.4, -0.2) is 4.57 Å². The Morgan fingerprint density at radius 1 is 0.338 bits per heavy atom. The Labute approximate surface area is 376 Å². The zero-order valence-corrected chi connectivity index (χ0v) is 35.4. The van der Waals surface area contributed by atoms with Crippen LogP contribution in [0.2, 0.25) is 0 Å². The first-order chi connectivity index (χ1) is 32.2. The van der Waals surface area contributed by atoms with Crippen molar-refractivity contribution in [2.75, 3.05) is 4.90 Å². The minimum absolute atomic E-state index is 0.895. The van der Waals surface area contributed by atoms with Gasteiger partial charge < -0.3 is 13.9 Å². The van der Waals surface area contributed by atoms with Gasteiger partial charge >= 0.3 is 0 Å². The van der Waals surface area contributed by atoms with Crippen LogP contribution in [-0.2, 0) is 0 Å². The van der Waals surface area contributed by atoms with E-state index in [0.717, 1.165) is 66.9 Å². The van der Waals surface area contributed by atoms with Crippen molar-refractivity contribution in [2.45, 2.75) is 0 Å². The van der Waals surface area contributed by atoms with E-state index >= 15 is 0 Å². The van der Waals surface area contributed by atoms with Gasteiger partial charge in [0.05, 0.1) is 22.4 Å². The molecular weight excluding hydrogens is 789 g/mol. The number of nitrogens with zero attached hydrogens (tertiary/aromatic N) is 2. The van der Waals surface area contributed by atoms with E-state index < -0.39 is 0 Å². The van der Waals surface area contributed by atoms with E-state index in [2.05, 4.69) is 246 Å². The molecule has 0 unspecified atom stereocenters. The maximum Gasteiger partial charge on any atom is 0.143 e. The number of furan rings is 1. The van der Waals surface area contributed by atoms with Gasteiger partial charge in [-0.15, -0.1) is 0 Å². The number of rotatable bonds is 7. The molecule has 13 rings (SSSR count). The van der Waals surface area contributed by atoms with Gasteiger partial charge in [-0.2, -0.15) is 0 Å². The van der Waals surface area contributed by atoms with Crippen LogP contribution in [0.3, 0.4) is 0 Å². The molecule has 0 aliphatic heterocycles. The minimum atomic E-state index is 0.895. The van der Waals surface area contributed by atoms with Crippen LogP contribution in [0.25, 0.3) is 104 Å². The lowest BCUT2D eigenvalue weighted by atomic mass is 9.96. The van der Waals surface area contributed by atoms with E-state index in [-0.39, 0.29) is 0 Å². The fourth-order valence-electron chi connectivity index (χ4n) is 10.2. The summed E-state index contributed by atoms with van der Waals surface area (Å²) in [5.74, 6) is 0. The molecule has 0 atom stereocenters. The molecule has 0 N–H and O–H groups in total. The van der Waals surface area contributed by atoms with Gasteiger partial charge in [0, 0.05) is 49.4 Å². The highest BCUT2D eigenvalue weighted by molar-refractivity contribution is 6.16. The number of benzene rings is 11. The maximum absolute atomic E-state index is 6.57. The molecule has 0 bridgehead atoms. The summed E-state index contributed by atoms with van der Waals surface area (Å²) >= 11 is 0. The Kier molecular flexibility index (Phi) is 8.53. The Morgan fingerprint density at radius 3 is 1.77 bits per heavy atom. The fraction of sp³-hybridized carbons (Fsp3) is 0. The van der Waals surface area contributed by atoms with Crippen LogP contribution >= 0.6 is 0 Å². The third-order valence-electron chi connectivity index (χ3n) is 13.2. The predicted molar refractivity (Wildman–Crippen MR) is 274 cm³/mol. The molecule has 2 aromatic heterocycles. The molecule has 304 valence electrons. The third-order valence-corrected chi connectivity index (χ3v) is 13.2. The van der Waals surface area contributed by atoms with E-state index in [9.17, 15) is 0 Å². The summed E-state index contributed by atoms with van der Waals surface area (Å²) in [5.41, 5.74) is 15.4. The van der Waals surface area contributed by atoms with Gasteiger partial charge in [-0.25, -0.2) is 0 Å². The number of para-hydroxylation sites is 4. The minimum Gasteiger partial charge on any atom is -0.455 e. The number of hydrogen-bond donors (Lipinski definition) is 0. The quantitative estimate of drug-likeness (QED) is 0.149. The van der Waals surface area contributed by atoms with E-state index in [1.165, 1.54) is 54.5 Å². The lowest BCUT2D eigenvalue weighted by molar-refractivity contribution is 0.670. The average Bonchev–Trinajstić information content (AvgIpc) is 3.93. The van der Waals surface area contributed by atoms with Crippen LogP contribution in [0.4, 0.5) is 17.1 Å². The van der Waals surface area contributed by atoms with Crippen molar-refractivity contribution < 1.29 is 4.42 Å². The fourth-order valence-corrected chi connectivity index (χ4v) is 10.2. The second kappa shape index (κ2) is 15.0. The molecule has 65 heavy (non-hydrogen) atoms. The first-order valence-corrected chi connectivity index (χ1v) is 22.2. The molecule has 0 aliphatic carbocycles. The first-order valence-electron chi connectivity index (χ1n) is 22.2. The van der Waals surface area contributed by atoms with Crippen LogP contribution in [0, 0.1) is 0 Å². The molecule has 3 heteroatoms. The molecule has 0 radical (unpaired) electrons. The summed E-state index contributed by atoms with van der Waals surface area (Å²) in [7, 11) is 0. The van der Waals surface area contributed by atoms with Gasteiger partial charge in [-0.3, -0.25) is 0 Å². The molecule has 0 spiro atoms. The zero-order chi connectivity index (χ0) is 42.8. The summed E-state index contributed by atoms with van der Waals surface area (Å²) in [6.07, 6.45) is 0. The molecule has 11 aromatic carbocycles. The summed E-state index contributed by atoms with van der Waals surface area (Å²) < 4.78 is 9.02. The molecule has 3 nitrogen and oxygen atoms in total. The Bertz CT molecular complexity index is 3900. The number of fused-ring (bicyclic) bond motifs is 9. The molecule has 13 aromatic rings. The number of anilines is 3. The normalized spacial score (nSPS) is 11.7. The van der Waals surface area contributed by atoms with Gasteiger partial charge in [0.1, 0.15) is 11.2 Å². The maximum atomic E-state index is 6.57. The molecule has 0 fully saturated rings. The molecule has 0 saturated carbocycles. The van der Waals surface area contributed by atoms with Gasteiger partial charge in [0.2, 0.25) is 0 Å². The van der Waals surface area contributed by atoms with Crippen molar-refractivity contribution in [3.05, 3.63) is 243 Å². The SMILES string of the molecule is c1ccc(-c2ccc(-c3ccc(N(c4cccc(-c5cccc6c5oc5ccccc56)c4)c4cccc5ccc6ccccc6c45)cc3)c(-n3c4ccccc4c4ccccc43)c2)cc1. The van der Waals surface area contributed by atoms with Gasteiger partial charge in [-0.05, 0) is 93.0 Å². The summed E-state index contributed by atoms with van der Waals surface area (Å²) in [4.78, 5) is 2.42. The predicted octanol–water partition coefficient (Wildman–Crippen LogP) is 17.5. The Morgan fingerprint density at radius 2 is 0.954 bits per heavy atom. The van der Waals surface area contributed by atoms with Gasteiger partial charge in [-0.1, -0.05) is 188 Å². The number of hydrogen-bond acceptors (Lipinski definition) is 2. The van der Waals surface area contributed by atoms with E-state index in [1.54, 1.807) is 0 Å². The average molecular weight is 829 g/mol. The summed E-state index contributed by atoms with van der Waals surface area (Å²) in [5, 5.41) is 9.57. The monoisotopic (exact) mass is 828 g/mol. The third kappa shape index (κ3) is 6.05. The van der Waals surface area contributed by atoms with Crippen LogP contribution in [0.5, 0.6) is 0 Å². The first kappa shape index (κ1) is 36.9. The summed E-state index contributed by atoms with van der Waals surface area (Å²) in [6.45, 7) is 0. The highest BCUT2D eigenvalue weighted by Gasteiger charge is 2.21. The lowest BCUT2D eigenvalue weighted by Gasteiger charge is -2.28.